The fourth-order valence-electron chi connectivity index (χ4n) is 3.37. The van der Waals surface area contributed by atoms with Crippen LogP contribution in [0.3, 0.4) is 0 Å². The number of anilines is 2. The largest absolute Gasteiger partial charge is 0.494 e. The highest BCUT2D eigenvalue weighted by atomic mass is 35.5. The van der Waals surface area contributed by atoms with E-state index in [1.54, 1.807) is 42.5 Å². The van der Waals surface area contributed by atoms with E-state index < -0.39 is 11.8 Å². The highest BCUT2D eigenvalue weighted by Gasteiger charge is 2.40. The van der Waals surface area contributed by atoms with E-state index in [1.807, 2.05) is 25.1 Å². The van der Waals surface area contributed by atoms with Gasteiger partial charge in [-0.05, 0) is 55.0 Å². The Kier molecular flexibility index (Phi) is 5.98. The number of hydrogen-bond acceptors (Lipinski definition) is 4. The molecular formula is C24H18Cl2N2O3. The summed E-state index contributed by atoms with van der Waals surface area (Å²) in [5.74, 6) is -0.228. The first-order valence-corrected chi connectivity index (χ1v) is 10.4. The predicted molar refractivity (Wildman–Crippen MR) is 124 cm³/mol. The second kappa shape index (κ2) is 8.84. The van der Waals surface area contributed by atoms with Crippen molar-refractivity contribution in [2.75, 3.05) is 16.8 Å². The smallest absolute Gasteiger partial charge is 0.282 e. The van der Waals surface area contributed by atoms with Crippen LogP contribution < -0.4 is 15.0 Å². The van der Waals surface area contributed by atoms with Crippen molar-refractivity contribution >= 4 is 52.0 Å². The van der Waals surface area contributed by atoms with Crippen molar-refractivity contribution in [2.24, 2.45) is 0 Å². The van der Waals surface area contributed by atoms with Crippen LogP contribution in [0.1, 0.15) is 12.5 Å². The summed E-state index contributed by atoms with van der Waals surface area (Å²) in [5.41, 5.74) is 2.04. The number of nitrogens with one attached hydrogen (secondary N) is 1. The van der Waals surface area contributed by atoms with Gasteiger partial charge in [-0.15, -0.1) is 0 Å². The Morgan fingerprint density at radius 3 is 2.13 bits per heavy atom. The Morgan fingerprint density at radius 2 is 1.52 bits per heavy atom. The van der Waals surface area contributed by atoms with Crippen molar-refractivity contribution in [1.82, 2.24) is 0 Å². The molecule has 0 bridgehead atoms. The molecule has 7 heteroatoms. The summed E-state index contributed by atoms with van der Waals surface area (Å²) in [6.07, 6.45) is 0. The van der Waals surface area contributed by atoms with Gasteiger partial charge in [0, 0.05) is 15.7 Å². The van der Waals surface area contributed by atoms with E-state index in [1.165, 1.54) is 12.1 Å². The molecule has 0 unspecified atom stereocenters. The number of nitrogens with zero attached hydrogens (tertiary/aromatic N) is 1. The molecule has 1 aliphatic rings. The molecule has 31 heavy (non-hydrogen) atoms. The van der Waals surface area contributed by atoms with Gasteiger partial charge in [-0.2, -0.15) is 0 Å². The number of carbonyl (C=O) groups excluding carboxylic acids is 2. The van der Waals surface area contributed by atoms with Gasteiger partial charge in [0.05, 0.1) is 17.9 Å². The molecule has 0 aliphatic carbocycles. The summed E-state index contributed by atoms with van der Waals surface area (Å²) >= 11 is 12.2. The standard InChI is InChI=1S/C24H18Cl2N2O3/c1-2-31-20-10-8-18(9-11-20)27-22-21(15-6-4-3-5-7-15)23(29)28(24(22)30)19-13-16(25)12-17(26)14-19/h3-14,27H,2H2,1H3. The average molecular weight is 453 g/mol. The number of carbonyl (C=O) groups is 2. The van der Waals surface area contributed by atoms with Crippen LogP contribution in [0, 0.1) is 0 Å². The highest BCUT2D eigenvalue weighted by Crippen LogP contribution is 2.36. The van der Waals surface area contributed by atoms with Gasteiger partial charge in [-0.1, -0.05) is 53.5 Å². The summed E-state index contributed by atoms with van der Waals surface area (Å²) < 4.78 is 5.46. The van der Waals surface area contributed by atoms with Crippen LogP contribution in [0.2, 0.25) is 10.0 Å². The lowest BCUT2D eigenvalue weighted by Gasteiger charge is -2.16. The van der Waals surface area contributed by atoms with E-state index in [4.69, 9.17) is 27.9 Å². The van der Waals surface area contributed by atoms with Gasteiger partial charge in [0.15, 0.2) is 0 Å². The first-order chi connectivity index (χ1) is 15.0. The highest BCUT2D eigenvalue weighted by molar-refractivity contribution is 6.46. The lowest BCUT2D eigenvalue weighted by Crippen LogP contribution is -2.32. The Hall–Kier alpha value is -3.28. The normalized spacial score (nSPS) is 13.7. The molecule has 3 aromatic rings. The zero-order valence-electron chi connectivity index (χ0n) is 16.6. The molecule has 0 saturated heterocycles. The zero-order chi connectivity index (χ0) is 22.0. The summed E-state index contributed by atoms with van der Waals surface area (Å²) in [4.78, 5) is 27.8. The van der Waals surface area contributed by atoms with E-state index >= 15 is 0 Å². The first kappa shape index (κ1) is 21.0. The molecule has 4 rings (SSSR count). The van der Waals surface area contributed by atoms with Crippen molar-refractivity contribution in [3.63, 3.8) is 0 Å². The Bertz CT molecular complexity index is 1150. The molecule has 1 aliphatic heterocycles. The summed E-state index contributed by atoms with van der Waals surface area (Å²) in [7, 11) is 0. The summed E-state index contributed by atoms with van der Waals surface area (Å²) in [6.45, 7) is 2.46. The molecule has 0 radical (unpaired) electrons. The molecule has 0 spiro atoms. The van der Waals surface area contributed by atoms with Gasteiger partial charge < -0.3 is 10.1 Å². The number of halogens is 2. The van der Waals surface area contributed by atoms with E-state index in [0.29, 0.717) is 39.3 Å². The molecule has 156 valence electrons. The van der Waals surface area contributed by atoms with Crippen LogP contribution >= 0.6 is 23.2 Å². The second-order valence-electron chi connectivity index (χ2n) is 6.77. The molecule has 1 heterocycles. The summed E-state index contributed by atoms with van der Waals surface area (Å²) in [5, 5.41) is 3.78. The fourth-order valence-corrected chi connectivity index (χ4v) is 3.88. The Labute approximate surface area is 189 Å². The Balaban J connectivity index is 1.77. The van der Waals surface area contributed by atoms with E-state index in [0.717, 1.165) is 4.90 Å². The monoisotopic (exact) mass is 452 g/mol. The molecule has 0 fully saturated rings. The third-order valence-electron chi connectivity index (χ3n) is 4.69. The van der Waals surface area contributed by atoms with Gasteiger partial charge in [0.25, 0.3) is 11.8 Å². The van der Waals surface area contributed by atoms with Gasteiger partial charge in [-0.3, -0.25) is 9.59 Å². The van der Waals surface area contributed by atoms with Crippen molar-refractivity contribution in [3.8, 4) is 5.75 Å². The quantitative estimate of drug-likeness (QED) is 0.480. The topological polar surface area (TPSA) is 58.6 Å². The third-order valence-corrected chi connectivity index (χ3v) is 5.12. The Morgan fingerprint density at radius 1 is 0.871 bits per heavy atom. The molecule has 5 nitrogen and oxygen atoms in total. The SMILES string of the molecule is CCOc1ccc(NC2=C(c3ccccc3)C(=O)N(c3cc(Cl)cc(Cl)c3)C2=O)cc1. The first-order valence-electron chi connectivity index (χ1n) is 9.62. The molecule has 0 atom stereocenters. The molecule has 1 N–H and O–H groups in total. The molecular weight excluding hydrogens is 435 g/mol. The third kappa shape index (κ3) is 4.29. The van der Waals surface area contributed by atoms with Crippen molar-refractivity contribution in [3.05, 3.63) is 94.1 Å². The number of benzene rings is 3. The minimum Gasteiger partial charge on any atom is -0.494 e. The molecule has 0 aromatic heterocycles. The van der Waals surface area contributed by atoms with E-state index in [2.05, 4.69) is 5.32 Å². The average Bonchev–Trinajstić information content (AvgIpc) is 2.99. The van der Waals surface area contributed by atoms with Crippen molar-refractivity contribution < 1.29 is 14.3 Å². The number of amides is 2. The van der Waals surface area contributed by atoms with Crippen molar-refractivity contribution in [1.29, 1.82) is 0 Å². The van der Waals surface area contributed by atoms with Crippen molar-refractivity contribution in [2.45, 2.75) is 6.92 Å². The molecule has 3 aromatic carbocycles. The molecule has 0 saturated carbocycles. The second-order valence-corrected chi connectivity index (χ2v) is 7.64. The maximum absolute atomic E-state index is 13.4. The van der Waals surface area contributed by atoms with Gasteiger partial charge in [0.1, 0.15) is 11.4 Å². The molecule has 2 amide bonds. The lowest BCUT2D eigenvalue weighted by molar-refractivity contribution is -0.120. The van der Waals surface area contributed by atoms with E-state index in [9.17, 15) is 9.59 Å². The van der Waals surface area contributed by atoms with Crippen LogP contribution in [0.15, 0.2) is 78.5 Å². The zero-order valence-corrected chi connectivity index (χ0v) is 18.1. The van der Waals surface area contributed by atoms with Crippen LogP contribution in [0.4, 0.5) is 11.4 Å². The van der Waals surface area contributed by atoms with Crippen LogP contribution in [-0.2, 0) is 9.59 Å². The minimum atomic E-state index is -0.490. The number of ether oxygens (including phenoxy) is 1. The lowest BCUT2D eigenvalue weighted by atomic mass is 10.0. The number of imide groups is 1. The number of hydrogen-bond donors (Lipinski definition) is 1. The van der Waals surface area contributed by atoms with Gasteiger partial charge >= 0.3 is 0 Å². The van der Waals surface area contributed by atoms with Gasteiger partial charge in [0.2, 0.25) is 0 Å². The van der Waals surface area contributed by atoms with Gasteiger partial charge in [-0.25, -0.2) is 4.90 Å². The van der Waals surface area contributed by atoms with E-state index in [-0.39, 0.29) is 11.3 Å². The van der Waals surface area contributed by atoms with Crippen LogP contribution in [-0.4, -0.2) is 18.4 Å². The van der Waals surface area contributed by atoms with Crippen LogP contribution in [0.25, 0.3) is 5.57 Å². The summed E-state index contributed by atoms with van der Waals surface area (Å²) in [6, 6.07) is 20.8. The fraction of sp³-hybridized carbons (Fsp3) is 0.0833. The minimum absolute atomic E-state index is 0.177. The maximum Gasteiger partial charge on any atom is 0.282 e. The maximum atomic E-state index is 13.4. The number of rotatable bonds is 6. The van der Waals surface area contributed by atoms with Crippen LogP contribution in [0.5, 0.6) is 5.75 Å². The predicted octanol–water partition coefficient (Wildman–Crippen LogP) is 5.79.